The fourth-order valence-electron chi connectivity index (χ4n) is 3.02. The summed E-state index contributed by atoms with van der Waals surface area (Å²) in [7, 11) is 1.33. The molecule has 1 heterocycles. The molecule has 0 spiro atoms. The van der Waals surface area contributed by atoms with Crippen LogP contribution in [0.1, 0.15) is 10.4 Å². The van der Waals surface area contributed by atoms with E-state index >= 15 is 0 Å². The predicted octanol–water partition coefficient (Wildman–Crippen LogP) is 3.27. The van der Waals surface area contributed by atoms with Crippen LogP contribution < -0.4 is 5.32 Å². The van der Waals surface area contributed by atoms with E-state index < -0.39 is 12.0 Å². The smallest absolute Gasteiger partial charge is 0.329 e. The number of nitrogens with one attached hydrogen (secondary N) is 1. The summed E-state index contributed by atoms with van der Waals surface area (Å²) in [6, 6.07) is 16.7. The van der Waals surface area contributed by atoms with Gasteiger partial charge < -0.3 is 10.1 Å². The summed E-state index contributed by atoms with van der Waals surface area (Å²) in [5.74, 6) is 0.212. The average Bonchev–Trinajstić information content (AvgIpc) is 2.77. The highest BCUT2D eigenvalue weighted by Crippen LogP contribution is 2.26. The zero-order valence-corrected chi connectivity index (χ0v) is 16.4. The number of rotatable bonds is 6. The highest BCUT2D eigenvalue weighted by molar-refractivity contribution is 7.80. The largest absolute Gasteiger partial charge is 0.467 e. The molecule has 1 aliphatic heterocycles. The fraction of sp³-hybridized carbons (Fsp3) is 0.182. The quantitative estimate of drug-likeness (QED) is 0.583. The van der Waals surface area contributed by atoms with Gasteiger partial charge in [0, 0.05) is 17.9 Å². The number of benzene rings is 2. The summed E-state index contributed by atoms with van der Waals surface area (Å²) in [5, 5.41) is 3.08. The van der Waals surface area contributed by atoms with E-state index in [2.05, 4.69) is 17.9 Å². The van der Waals surface area contributed by atoms with Crippen molar-refractivity contribution in [3.8, 4) is 11.1 Å². The van der Waals surface area contributed by atoms with Crippen molar-refractivity contribution in [2.45, 2.75) is 6.04 Å². The van der Waals surface area contributed by atoms with Crippen LogP contribution in [-0.4, -0.2) is 42.2 Å². The number of nitrogens with zero attached hydrogens (tertiary/aromatic N) is 1. The second kappa shape index (κ2) is 9.28. The zero-order chi connectivity index (χ0) is 19.9. The van der Waals surface area contributed by atoms with E-state index in [1.54, 1.807) is 11.0 Å². The number of carbonyl (C=O) groups is 2. The molecular formula is C22H22N2O3S. The third-order valence-corrected chi connectivity index (χ3v) is 4.81. The topological polar surface area (TPSA) is 58.6 Å². The molecule has 144 valence electrons. The van der Waals surface area contributed by atoms with Crippen LogP contribution in [0.5, 0.6) is 0 Å². The lowest BCUT2D eigenvalue weighted by molar-refractivity contribution is -0.142. The number of amides is 1. The number of hydrogen-bond acceptors (Lipinski definition) is 5. The molecule has 0 aliphatic carbocycles. The van der Waals surface area contributed by atoms with Gasteiger partial charge in [0.05, 0.1) is 7.11 Å². The van der Waals surface area contributed by atoms with Crippen LogP contribution in [0.3, 0.4) is 0 Å². The first-order chi connectivity index (χ1) is 13.7. The molecule has 0 fully saturated rings. The Morgan fingerprint density at radius 3 is 2.57 bits per heavy atom. The van der Waals surface area contributed by atoms with Crippen LogP contribution in [0, 0.1) is 0 Å². The summed E-state index contributed by atoms with van der Waals surface area (Å²) in [6.07, 6.45) is 5.51. The van der Waals surface area contributed by atoms with Crippen LogP contribution >= 0.6 is 12.6 Å². The molecular weight excluding hydrogens is 372 g/mol. The summed E-state index contributed by atoms with van der Waals surface area (Å²) >= 11 is 4.21. The van der Waals surface area contributed by atoms with Gasteiger partial charge in [-0.25, -0.2) is 4.79 Å². The van der Waals surface area contributed by atoms with Crippen molar-refractivity contribution in [2.24, 2.45) is 0 Å². The number of thiol groups is 1. The van der Waals surface area contributed by atoms with Crippen LogP contribution in [0.4, 0.5) is 0 Å². The summed E-state index contributed by atoms with van der Waals surface area (Å²) in [6.45, 7) is 0.404. The maximum atomic E-state index is 13.4. The first kappa shape index (κ1) is 19.8. The monoisotopic (exact) mass is 394 g/mol. The maximum absolute atomic E-state index is 13.4. The molecule has 1 atom stereocenters. The fourth-order valence-corrected chi connectivity index (χ4v) is 3.26. The lowest BCUT2D eigenvalue weighted by atomic mass is 9.98. The Morgan fingerprint density at radius 1 is 1.14 bits per heavy atom. The number of esters is 1. The van der Waals surface area contributed by atoms with Gasteiger partial charge in [0.25, 0.3) is 5.91 Å². The Morgan fingerprint density at radius 2 is 1.86 bits per heavy atom. The van der Waals surface area contributed by atoms with E-state index in [-0.39, 0.29) is 11.7 Å². The van der Waals surface area contributed by atoms with E-state index in [0.29, 0.717) is 17.9 Å². The number of ether oxygens (including phenoxy) is 1. The third kappa shape index (κ3) is 4.28. The Balaban J connectivity index is 1.91. The van der Waals surface area contributed by atoms with Gasteiger partial charge in [-0.3, -0.25) is 9.69 Å². The SMILES string of the molecule is COC(=O)[C@@H](CS)NC1=CC=CCN1C(=O)c1ccccc1-c1ccccc1. The molecule has 0 saturated carbocycles. The molecule has 5 nitrogen and oxygen atoms in total. The summed E-state index contributed by atoms with van der Waals surface area (Å²) in [5.41, 5.74) is 2.43. The lowest BCUT2D eigenvalue weighted by Gasteiger charge is -2.30. The van der Waals surface area contributed by atoms with Crippen molar-refractivity contribution in [1.82, 2.24) is 10.2 Å². The summed E-state index contributed by atoms with van der Waals surface area (Å²) < 4.78 is 4.80. The molecule has 6 heteroatoms. The van der Waals surface area contributed by atoms with Crippen LogP contribution in [-0.2, 0) is 9.53 Å². The van der Waals surface area contributed by atoms with Crippen LogP contribution in [0.15, 0.2) is 78.6 Å². The standard InChI is InChI=1S/C22H22N2O3S/c1-27-22(26)19(15-28)23-20-13-7-8-14-24(20)21(25)18-12-6-5-11-17(18)16-9-3-2-4-10-16/h2-13,19,23,28H,14-15H2,1H3/t19-/m1/s1. The van der Waals surface area contributed by atoms with E-state index in [4.69, 9.17) is 4.74 Å². The van der Waals surface area contributed by atoms with Crippen molar-refractivity contribution in [3.63, 3.8) is 0 Å². The summed E-state index contributed by atoms with van der Waals surface area (Å²) in [4.78, 5) is 26.9. The van der Waals surface area contributed by atoms with Crippen LogP contribution in [0.25, 0.3) is 11.1 Å². The second-order valence-corrected chi connectivity index (χ2v) is 6.58. The first-order valence-corrected chi connectivity index (χ1v) is 9.57. The van der Waals surface area contributed by atoms with E-state index in [9.17, 15) is 9.59 Å². The molecule has 0 saturated heterocycles. The van der Waals surface area contributed by atoms with Crippen LogP contribution in [0.2, 0.25) is 0 Å². The average molecular weight is 394 g/mol. The van der Waals surface area contributed by atoms with E-state index in [1.165, 1.54) is 7.11 Å². The molecule has 1 N–H and O–H groups in total. The third-order valence-electron chi connectivity index (χ3n) is 4.45. The molecule has 2 aromatic carbocycles. The van der Waals surface area contributed by atoms with Gasteiger partial charge in [0.2, 0.25) is 0 Å². The lowest BCUT2D eigenvalue weighted by Crippen LogP contribution is -2.46. The van der Waals surface area contributed by atoms with Gasteiger partial charge in [-0.2, -0.15) is 12.6 Å². The normalized spacial score (nSPS) is 14.2. The highest BCUT2D eigenvalue weighted by atomic mass is 32.1. The number of methoxy groups -OCH3 is 1. The Kier molecular flexibility index (Phi) is 6.55. The Labute approximate surface area is 170 Å². The molecule has 2 aromatic rings. The first-order valence-electron chi connectivity index (χ1n) is 8.94. The second-order valence-electron chi connectivity index (χ2n) is 6.21. The maximum Gasteiger partial charge on any atom is 0.329 e. The number of carbonyl (C=O) groups excluding carboxylic acids is 2. The molecule has 3 rings (SSSR count). The Hall–Kier alpha value is -2.99. The molecule has 1 amide bonds. The molecule has 1 aliphatic rings. The molecule has 0 radical (unpaired) electrons. The van der Waals surface area contributed by atoms with E-state index in [1.807, 2.05) is 66.7 Å². The number of hydrogen-bond donors (Lipinski definition) is 2. The van der Waals surface area contributed by atoms with Crippen molar-refractivity contribution < 1.29 is 14.3 Å². The van der Waals surface area contributed by atoms with Crippen molar-refractivity contribution in [1.29, 1.82) is 0 Å². The minimum absolute atomic E-state index is 0.148. The van der Waals surface area contributed by atoms with Gasteiger partial charge in [0.15, 0.2) is 0 Å². The molecule has 28 heavy (non-hydrogen) atoms. The molecule has 0 unspecified atom stereocenters. The minimum Gasteiger partial charge on any atom is -0.467 e. The Bertz CT molecular complexity index is 909. The van der Waals surface area contributed by atoms with Crippen molar-refractivity contribution >= 4 is 24.5 Å². The predicted molar refractivity (Wildman–Crippen MR) is 113 cm³/mol. The van der Waals surface area contributed by atoms with Gasteiger partial charge in [-0.1, -0.05) is 60.7 Å². The van der Waals surface area contributed by atoms with Gasteiger partial charge in [0.1, 0.15) is 11.9 Å². The molecule has 0 bridgehead atoms. The van der Waals surface area contributed by atoms with Gasteiger partial charge >= 0.3 is 5.97 Å². The van der Waals surface area contributed by atoms with Crippen molar-refractivity contribution in [3.05, 3.63) is 84.2 Å². The zero-order valence-electron chi connectivity index (χ0n) is 15.5. The van der Waals surface area contributed by atoms with E-state index in [0.717, 1.165) is 11.1 Å². The molecule has 0 aromatic heterocycles. The van der Waals surface area contributed by atoms with Crippen molar-refractivity contribution in [2.75, 3.05) is 19.4 Å². The van der Waals surface area contributed by atoms with Gasteiger partial charge in [-0.05, 0) is 23.3 Å². The minimum atomic E-state index is -0.647. The number of allylic oxidation sites excluding steroid dienone is 2. The van der Waals surface area contributed by atoms with Gasteiger partial charge in [-0.15, -0.1) is 0 Å². The highest BCUT2D eigenvalue weighted by Gasteiger charge is 2.26.